The number of alkyl halides is 6. The number of nitrogens with one attached hydrogen (secondary N) is 1. The maximum Gasteiger partial charge on any atom is 0.416 e. The summed E-state index contributed by atoms with van der Waals surface area (Å²) in [6.07, 6.45) is -9.36. The Morgan fingerprint density at radius 2 is 1.47 bits per heavy atom. The van der Waals surface area contributed by atoms with Crippen LogP contribution in [0.1, 0.15) is 35.1 Å². The number of hydrogen-bond acceptors (Lipinski definition) is 4. The molecule has 0 aliphatic rings. The highest BCUT2D eigenvalue weighted by atomic mass is 35.5. The highest BCUT2D eigenvalue weighted by Crippen LogP contribution is 2.36. The predicted octanol–water partition coefficient (Wildman–Crippen LogP) is 7.07. The van der Waals surface area contributed by atoms with E-state index in [1.807, 2.05) is 24.3 Å². The lowest BCUT2D eigenvalue weighted by atomic mass is 10.0. The predicted molar refractivity (Wildman–Crippen MR) is 122 cm³/mol. The van der Waals surface area contributed by atoms with Gasteiger partial charge in [0.25, 0.3) is 0 Å². The van der Waals surface area contributed by atoms with E-state index in [9.17, 15) is 31.1 Å². The van der Waals surface area contributed by atoms with Gasteiger partial charge in [0, 0.05) is 13.1 Å². The molecule has 0 spiro atoms. The topological polar surface area (TPSA) is 47.6 Å². The van der Waals surface area contributed by atoms with Crippen LogP contribution in [0.2, 0.25) is 0 Å². The summed E-state index contributed by atoms with van der Waals surface area (Å²) in [6, 6.07) is 12.8. The van der Waals surface area contributed by atoms with Crippen LogP contribution in [0, 0.1) is 0 Å². The van der Waals surface area contributed by atoms with Crippen LogP contribution in [-0.2, 0) is 34.4 Å². The van der Waals surface area contributed by atoms with Gasteiger partial charge in [0.15, 0.2) is 0 Å². The van der Waals surface area contributed by atoms with Gasteiger partial charge in [0.05, 0.1) is 24.2 Å². The molecular weight excluding hydrogens is 512 g/mol. The van der Waals surface area contributed by atoms with Crippen molar-refractivity contribution in [3.05, 3.63) is 76.9 Å². The zero-order valence-electron chi connectivity index (χ0n) is 18.8. The van der Waals surface area contributed by atoms with Gasteiger partial charge in [-0.25, -0.2) is 0 Å². The third-order valence-corrected chi connectivity index (χ3v) is 5.50. The number of fused-ring (bicyclic) bond motifs is 1. The second-order valence-corrected chi connectivity index (χ2v) is 8.24. The smallest absolute Gasteiger partial charge is 0.416 e. The molecule has 11 heteroatoms. The summed E-state index contributed by atoms with van der Waals surface area (Å²) in [5, 5.41) is 4.95. The van der Waals surface area contributed by atoms with Crippen molar-refractivity contribution < 1.29 is 40.2 Å². The van der Waals surface area contributed by atoms with Crippen LogP contribution in [0.15, 0.2) is 54.6 Å². The van der Waals surface area contributed by atoms with Crippen LogP contribution >= 0.6 is 11.9 Å². The maximum absolute atomic E-state index is 13.0. The average molecular weight is 534 g/mol. The summed E-state index contributed by atoms with van der Waals surface area (Å²) in [5.74, 6) is 0.0177. The Bertz CT molecular complexity index is 1160. The monoisotopic (exact) mass is 533 g/mol. The molecule has 1 N–H and O–H groups in total. The Labute approximate surface area is 208 Å². The van der Waals surface area contributed by atoms with Gasteiger partial charge < -0.3 is 14.3 Å². The fourth-order valence-corrected chi connectivity index (χ4v) is 3.64. The zero-order chi connectivity index (χ0) is 26.3. The van der Waals surface area contributed by atoms with E-state index in [0.29, 0.717) is 18.8 Å². The Balaban J connectivity index is 1.55. The van der Waals surface area contributed by atoms with Crippen LogP contribution in [0.3, 0.4) is 0 Å². The maximum atomic E-state index is 13.0. The molecule has 0 saturated carbocycles. The van der Waals surface area contributed by atoms with Crippen LogP contribution in [0.25, 0.3) is 10.8 Å². The number of carbonyl (C=O) groups excluding carboxylic acids is 1. The molecule has 0 amide bonds. The summed E-state index contributed by atoms with van der Waals surface area (Å²) in [6.45, 7) is 1.07. The minimum atomic E-state index is -4.87. The number of carbonyl (C=O) groups is 1. The first-order valence-corrected chi connectivity index (χ1v) is 11.2. The van der Waals surface area contributed by atoms with Crippen LogP contribution in [0.4, 0.5) is 26.3 Å². The van der Waals surface area contributed by atoms with Crippen molar-refractivity contribution in [3.63, 3.8) is 0 Å². The molecule has 3 rings (SSSR count). The molecule has 36 heavy (non-hydrogen) atoms. The number of benzene rings is 3. The fourth-order valence-electron chi connectivity index (χ4n) is 3.56. The van der Waals surface area contributed by atoms with Crippen molar-refractivity contribution in [2.45, 2.75) is 38.2 Å². The van der Waals surface area contributed by atoms with Gasteiger partial charge in [0.1, 0.15) is 17.6 Å². The first kappa shape index (κ1) is 27.6. The van der Waals surface area contributed by atoms with E-state index < -0.39 is 29.4 Å². The van der Waals surface area contributed by atoms with Crippen molar-refractivity contribution in [2.75, 3.05) is 13.2 Å². The largest absolute Gasteiger partial charge is 0.494 e. The highest BCUT2D eigenvalue weighted by molar-refractivity contribution is 6.13. The molecule has 0 radical (unpaired) electrons. The molecule has 0 atom stereocenters. The van der Waals surface area contributed by atoms with E-state index in [0.717, 1.165) is 28.5 Å². The molecule has 0 saturated heterocycles. The lowest BCUT2D eigenvalue weighted by Gasteiger charge is -2.14. The Morgan fingerprint density at radius 3 is 2.11 bits per heavy atom. The first-order valence-electron chi connectivity index (χ1n) is 10.9. The van der Waals surface area contributed by atoms with Gasteiger partial charge in [-0.15, -0.1) is 0 Å². The van der Waals surface area contributed by atoms with Crippen molar-refractivity contribution >= 4 is 28.6 Å². The molecule has 0 unspecified atom stereocenters. The molecule has 0 heterocycles. The number of hydrogen-bond donors (Lipinski definition) is 1. The molecule has 0 bridgehead atoms. The first-order chi connectivity index (χ1) is 17.0. The number of ether oxygens (including phenoxy) is 1. The zero-order valence-corrected chi connectivity index (χ0v) is 19.6. The van der Waals surface area contributed by atoms with Gasteiger partial charge in [-0.3, -0.25) is 4.79 Å². The third-order valence-electron chi connectivity index (χ3n) is 5.32. The normalized spacial score (nSPS) is 12.1. The van der Waals surface area contributed by atoms with Crippen LogP contribution in [-0.4, -0.2) is 19.1 Å². The Morgan fingerprint density at radius 1 is 0.833 bits per heavy atom. The van der Waals surface area contributed by atoms with Crippen LogP contribution < -0.4 is 10.1 Å². The van der Waals surface area contributed by atoms with Gasteiger partial charge in [-0.05, 0) is 71.1 Å². The Kier molecular flexibility index (Phi) is 9.08. The highest BCUT2D eigenvalue weighted by Gasteiger charge is 2.36. The summed E-state index contributed by atoms with van der Waals surface area (Å²) >= 11 is 4.97. The summed E-state index contributed by atoms with van der Waals surface area (Å²) in [4.78, 5) is 11.0. The fraction of sp³-hybridized carbons (Fsp3) is 0.320. The SMILES string of the molecule is O=C(CCNCc1ccc2cc(OCCCc3cc(C(F)(F)F)cc(C(F)(F)F)c3)ccc2c1)OCl. The van der Waals surface area contributed by atoms with E-state index in [-0.39, 0.29) is 37.5 Å². The van der Waals surface area contributed by atoms with Gasteiger partial charge >= 0.3 is 18.3 Å². The van der Waals surface area contributed by atoms with E-state index >= 15 is 0 Å². The molecule has 194 valence electrons. The number of halogens is 7. The molecule has 3 aromatic rings. The van der Waals surface area contributed by atoms with Gasteiger partial charge in [0.2, 0.25) is 0 Å². The van der Waals surface area contributed by atoms with E-state index in [1.54, 1.807) is 12.1 Å². The van der Waals surface area contributed by atoms with Crippen LogP contribution in [0.5, 0.6) is 5.75 Å². The molecule has 0 aliphatic heterocycles. The van der Waals surface area contributed by atoms with Crippen molar-refractivity contribution in [2.24, 2.45) is 0 Å². The molecule has 0 aromatic heterocycles. The molecule has 3 aromatic carbocycles. The summed E-state index contributed by atoms with van der Waals surface area (Å²) in [5.41, 5.74) is -1.71. The lowest BCUT2D eigenvalue weighted by Crippen LogP contribution is -2.17. The molecular formula is C25H22ClF6NO3. The van der Waals surface area contributed by atoms with E-state index in [4.69, 9.17) is 16.6 Å². The minimum Gasteiger partial charge on any atom is -0.494 e. The second kappa shape index (κ2) is 11.8. The minimum absolute atomic E-state index is 0.000440. The van der Waals surface area contributed by atoms with Gasteiger partial charge in [-0.2, -0.15) is 26.3 Å². The quantitative estimate of drug-likeness (QED) is 0.224. The molecule has 4 nitrogen and oxygen atoms in total. The third kappa shape index (κ3) is 8.03. The summed E-state index contributed by atoms with van der Waals surface area (Å²) in [7, 11) is 0. The van der Waals surface area contributed by atoms with Crippen molar-refractivity contribution in [3.8, 4) is 5.75 Å². The second-order valence-electron chi connectivity index (χ2n) is 8.09. The van der Waals surface area contributed by atoms with Gasteiger partial charge in [-0.1, -0.05) is 18.2 Å². The summed E-state index contributed by atoms with van der Waals surface area (Å²) < 4.78 is 87.7. The van der Waals surface area contributed by atoms with Crippen molar-refractivity contribution in [1.29, 1.82) is 0 Å². The Hall–Kier alpha value is -2.98. The molecule has 0 aliphatic carbocycles. The standard InChI is InChI=1S/C25H22ClF6NO3/c26-36-23(34)7-8-33-15-17-3-4-19-13-22(6-5-18(19)10-17)35-9-1-2-16-11-20(24(27,28)29)14-21(12-16)25(30,31)32/h3-6,10-14,33H,1-2,7-9,15H2. The van der Waals surface area contributed by atoms with Crippen molar-refractivity contribution in [1.82, 2.24) is 5.32 Å². The number of rotatable bonds is 10. The number of aryl methyl sites for hydroxylation is 1. The lowest BCUT2D eigenvalue weighted by molar-refractivity contribution is -0.143. The van der Waals surface area contributed by atoms with E-state index in [1.165, 1.54) is 0 Å². The average Bonchev–Trinajstić information content (AvgIpc) is 2.83. The van der Waals surface area contributed by atoms with E-state index in [2.05, 4.69) is 9.61 Å². The molecule has 0 fully saturated rings.